The molecule has 0 aliphatic rings. The molecule has 22 heavy (non-hydrogen) atoms. The van der Waals surface area contributed by atoms with Crippen molar-refractivity contribution < 1.29 is 5.11 Å². The molecule has 4 rings (SSSR count). The number of benzene rings is 2. The Balaban J connectivity index is 2.06. The SMILES string of the molecule is Oc1ccccc1-c1nc2nncn2cc1-c1ccccc1. The summed E-state index contributed by atoms with van der Waals surface area (Å²) >= 11 is 0. The van der Waals surface area contributed by atoms with Gasteiger partial charge in [-0.3, -0.25) is 4.40 Å². The molecule has 106 valence electrons. The molecule has 2 heterocycles. The Morgan fingerprint density at radius 1 is 0.864 bits per heavy atom. The van der Waals surface area contributed by atoms with Crippen LogP contribution in [0.3, 0.4) is 0 Å². The van der Waals surface area contributed by atoms with Crippen LogP contribution in [0.1, 0.15) is 0 Å². The molecule has 2 aromatic carbocycles. The fourth-order valence-electron chi connectivity index (χ4n) is 2.48. The number of hydrogen-bond donors (Lipinski definition) is 1. The van der Waals surface area contributed by atoms with Gasteiger partial charge in [-0.1, -0.05) is 42.5 Å². The van der Waals surface area contributed by atoms with E-state index in [1.165, 1.54) is 0 Å². The molecule has 0 spiro atoms. The summed E-state index contributed by atoms with van der Waals surface area (Å²) in [6, 6.07) is 17.1. The fraction of sp³-hybridized carbons (Fsp3) is 0. The van der Waals surface area contributed by atoms with E-state index in [1.54, 1.807) is 22.9 Å². The van der Waals surface area contributed by atoms with Gasteiger partial charge >= 0.3 is 0 Å². The highest BCUT2D eigenvalue weighted by Gasteiger charge is 2.14. The van der Waals surface area contributed by atoms with Crippen LogP contribution in [0.2, 0.25) is 0 Å². The first-order chi connectivity index (χ1) is 10.8. The highest BCUT2D eigenvalue weighted by Crippen LogP contribution is 2.35. The molecule has 1 N–H and O–H groups in total. The molecule has 0 aliphatic heterocycles. The number of hydrogen-bond acceptors (Lipinski definition) is 4. The van der Waals surface area contributed by atoms with E-state index in [1.807, 2.05) is 48.7 Å². The van der Waals surface area contributed by atoms with Crippen molar-refractivity contribution in [2.45, 2.75) is 0 Å². The highest BCUT2D eigenvalue weighted by molar-refractivity contribution is 5.83. The van der Waals surface area contributed by atoms with Crippen molar-refractivity contribution in [3.8, 4) is 28.1 Å². The average Bonchev–Trinajstić information content (AvgIpc) is 3.02. The maximum absolute atomic E-state index is 10.2. The first-order valence-corrected chi connectivity index (χ1v) is 6.87. The molecule has 0 bridgehead atoms. The Labute approximate surface area is 126 Å². The third-order valence-corrected chi connectivity index (χ3v) is 3.53. The second-order valence-corrected chi connectivity index (χ2v) is 4.92. The maximum Gasteiger partial charge on any atom is 0.255 e. The Hall–Kier alpha value is -3.21. The third-order valence-electron chi connectivity index (χ3n) is 3.53. The van der Waals surface area contributed by atoms with E-state index in [0.717, 1.165) is 11.1 Å². The van der Waals surface area contributed by atoms with Crippen molar-refractivity contribution in [2.75, 3.05) is 0 Å². The van der Waals surface area contributed by atoms with Crippen LogP contribution >= 0.6 is 0 Å². The molecule has 0 atom stereocenters. The number of phenolic OH excluding ortho intramolecular Hbond substituents is 1. The quantitative estimate of drug-likeness (QED) is 0.615. The fourth-order valence-corrected chi connectivity index (χ4v) is 2.48. The lowest BCUT2D eigenvalue weighted by Crippen LogP contribution is -1.96. The van der Waals surface area contributed by atoms with E-state index in [-0.39, 0.29) is 5.75 Å². The lowest BCUT2D eigenvalue weighted by atomic mass is 10.0. The molecule has 2 aromatic heterocycles. The van der Waals surface area contributed by atoms with E-state index in [2.05, 4.69) is 15.2 Å². The van der Waals surface area contributed by atoms with E-state index < -0.39 is 0 Å². The lowest BCUT2D eigenvalue weighted by Gasteiger charge is -2.11. The number of aromatic nitrogens is 4. The van der Waals surface area contributed by atoms with Gasteiger partial charge in [-0.25, -0.2) is 4.98 Å². The average molecular weight is 288 g/mol. The van der Waals surface area contributed by atoms with E-state index >= 15 is 0 Å². The second-order valence-electron chi connectivity index (χ2n) is 4.92. The van der Waals surface area contributed by atoms with Crippen LogP contribution in [0, 0.1) is 0 Å². The molecule has 5 nitrogen and oxygen atoms in total. The normalized spacial score (nSPS) is 10.9. The van der Waals surface area contributed by atoms with Gasteiger partial charge in [0.1, 0.15) is 12.1 Å². The van der Waals surface area contributed by atoms with Gasteiger partial charge in [0.2, 0.25) is 0 Å². The van der Waals surface area contributed by atoms with Gasteiger partial charge in [-0.2, -0.15) is 0 Å². The minimum atomic E-state index is 0.191. The molecule has 0 fully saturated rings. The highest BCUT2D eigenvalue weighted by atomic mass is 16.3. The van der Waals surface area contributed by atoms with Crippen LogP contribution in [0.5, 0.6) is 5.75 Å². The minimum absolute atomic E-state index is 0.191. The molecule has 5 heteroatoms. The summed E-state index contributed by atoms with van der Waals surface area (Å²) in [6.45, 7) is 0. The molecule has 0 amide bonds. The Kier molecular flexibility index (Phi) is 2.83. The maximum atomic E-state index is 10.2. The van der Waals surface area contributed by atoms with Gasteiger partial charge < -0.3 is 5.11 Å². The molecule has 0 saturated carbocycles. The summed E-state index contributed by atoms with van der Waals surface area (Å²) in [4.78, 5) is 4.57. The lowest BCUT2D eigenvalue weighted by molar-refractivity contribution is 0.477. The molecule has 0 radical (unpaired) electrons. The number of rotatable bonds is 2. The van der Waals surface area contributed by atoms with Crippen molar-refractivity contribution in [3.63, 3.8) is 0 Å². The molecule has 4 aromatic rings. The number of aromatic hydroxyl groups is 1. The molecule has 0 aliphatic carbocycles. The van der Waals surface area contributed by atoms with Crippen molar-refractivity contribution in [3.05, 3.63) is 67.1 Å². The zero-order chi connectivity index (χ0) is 14.9. The van der Waals surface area contributed by atoms with Gasteiger partial charge in [0.25, 0.3) is 5.78 Å². The van der Waals surface area contributed by atoms with Crippen molar-refractivity contribution in [2.24, 2.45) is 0 Å². The minimum Gasteiger partial charge on any atom is -0.507 e. The molecular formula is C17H12N4O. The van der Waals surface area contributed by atoms with E-state index in [4.69, 9.17) is 0 Å². The summed E-state index contributed by atoms with van der Waals surface area (Å²) < 4.78 is 1.77. The number of fused-ring (bicyclic) bond motifs is 1. The summed E-state index contributed by atoms with van der Waals surface area (Å²) in [7, 11) is 0. The molecule has 0 saturated heterocycles. The summed E-state index contributed by atoms with van der Waals surface area (Å²) in [6.07, 6.45) is 3.54. The summed E-state index contributed by atoms with van der Waals surface area (Å²) in [5.41, 5.74) is 3.29. The smallest absolute Gasteiger partial charge is 0.255 e. The van der Waals surface area contributed by atoms with Gasteiger partial charge in [-0.15, -0.1) is 10.2 Å². The topological polar surface area (TPSA) is 63.3 Å². The predicted octanol–water partition coefficient (Wildman–Crippen LogP) is 3.16. The van der Waals surface area contributed by atoms with Crippen LogP contribution in [-0.2, 0) is 0 Å². The van der Waals surface area contributed by atoms with Crippen LogP contribution < -0.4 is 0 Å². The second kappa shape index (κ2) is 4.96. The zero-order valence-corrected chi connectivity index (χ0v) is 11.6. The molecule has 0 unspecified atom stereocenters. The Bertz CT molecular complexity index is 947. The van der Waals surface area contributed by atoms with Crippen LogP contribution in [0.25, 0.3) is 28.2 Å². The zero-order valence-electron chi connectivity index (χ0n) is 11.6. The Morgan fingerprint density at radius 2 is 1.64 bits per heavy atom. The number of nitrogens with zero attached hydrogens (tertiary/aromatic N) is 4. The van der Waals surface area contributed by atoms with Crippen LogP contribution in [0.15, 0.2) is 67.1 Å². The standard InChI is InChI=1S/C17H12N4O/c22-15-9-5-4-8-13(15)16-14(12-6-2-1-3-7-12)10-21-11-18-20-17(21)19-16/h1-11,22H. The van der Waals surface area contributed by atoms with Crippen molar-refractivity contribution in [1.29, 1.82) is 0 Å². The van der Waals surface area contributed by atoms with Gasteiger partial charge in [0.15, 0.2) is 0 Å². The summed E-state index contributed by atoms with van der Waals surface area (Å²) in [5, 5.41) is 18.0. The van der Waals surface area contributed by atoms with Crippen LogP contribution in [-0.4, -0.2) is 24.7 Å². The van der Waals surface area contributed by atoms with Crippen molar-refractivity contribution >= 4 is 5.78 Å². The van der Waals surface area contributed by atoms with Gasteiger partial charge in [0, 0.05) is 17.3 Å². The predicted molar refractivity (Wildman–Crippen MR) is 83.3 cm³/mol. The van der Waals surface area contributed by atoms with E-state index in [9.17, 15) is 5.11 Å². The number of phenols is 1. The van der Waals surface area contributed by atoms with Gasteiger partial charge in [0.05, 0.1) is 5.69 Å². The first-order valence-electron chi connectivity index (χ1n) is 6.87. The molecular weight excluding hydrogens is 276 g/mol. The third kappa shape index (κ3) is 2.00. The van der Waals surface area contributed by atoms with Crippen molar-refractivity contribution in [1.82, 2.24) is 19.6 Å². The number of para-hydroxylation sites is 1. The van der Waals surface area contributed by atoms with Gasteiger partial charge in [-0.05, 0) is 17.7 Å². The Morgan fingerprint density at radius 3 is 2.45 bits per heavy atom. The summed E-state index contributed by atoms with van der Waals surface area (Å²) in [5.74, 6) is 0.689. The van der Waals surface area contributed by atoms with Crippen LogP contribution in [0.4, 0.5) is 0 Å². The monoisotopic (exact) mass is 288 g/mol. The largest absolute Gasteiger partial charge is 0.507 e. The first kappa shape index (κ1) is 12.5. The van der Waals surface area contributed by atoms with E-state index in [0.29, 0.717) is 17.0 Å².